The Balaban J connectivity index is 2.27. The molecule has 1 aliphatic carbocycles. The van der Waals surface area contributed by atoms with Gasteiger partial charge in [0.1, 0.15) is 10.3 Å². The van der Waals surface area contributed by atoms with Gasteiger partial charge in [-0.25, -0.2) is 4.98 Å². The van der Waals surface area contributed by atoms with Crippen LogP contribution >= 0.6 is 15.9 Å². The number of nitrogens with zero attached hydrogens (tertiary/aromatic N) is 1. The van der Waals surface area contributed by atoms with Crippen molar-refractivity contribution in [3.05, 3.63) is 26.8 Å². The first-order chi connectivity index (χ1) is 5.75. The molecule has 3 nitrogen and oxygen atoms in total. The second-order valence-corrected chi connectivity index (χ2v) is 3.96. The smallest absolute Gasteiger partial charge is 0.269 e. The summed E-state index contributed by atoms with van der Waals surface area (Å²) < 4.78 is 0.706. The van der Waals surface area contributed by atoms with Crippen LogP contribution in [0.1, 0.15) is 18.5 Å². The lowest BCUT2D eigenvalue weighted by Crippen LogP contribution is -2.14. The molecule has 1 aliphatic rings. The van der Waals surface area contributed by atoms with Crippen LogP contribution in [0.3, 0.4) is 0 Å². The van der Waals surface area contributed by atoms with Crippen LogP contribution in [0, 0.1) is 5.92 Å². The molecule has 64 valence electrons. The zero-order chi connectivity index (χ0) is 8.55. The van der Waals surface area contributed by atoms with E-state index in [0.717, 1.165) is 6.42 Å². The van der Waals surface area contributed by atoms with Crippen molar-refractivity contribution in [3.63, 3.8) is 0 Å². The standard InChI is InChI=1S/C8H9BrN2O/c9-7-4-10-8(12)6(11-7)3-5-1-2-5/h4-5H,1-3H2,(H,10,12). The highest BCUT2D eigenvalue weighted by atomic mass is 79.9. The number of nitrogens with one attached hydrogen (secondary N) is 1. The van der Waals surface area contributed by atoms with Gasteiger partial charge in [0.05, 0.1) is 0 Å². The van der Waals surface area contributed by atoms with Gasteiger partial charge in [-0.3, -0.25) is 4.79 Å². The van der Waals surface area contributed by atoms with E-state index in [4.69, 9.17) is 0 Å². The van der Waals surface area contributed by atoms with Crippen molar-refractivity contribution in [1.29, 1.82) is 0 Å². The minimum absolute atomic E-state index is 0.0508. The number of halogens is 1. The maximum atomic E-state index is 11.2. The molecule has 4 heteroatoms. The highest BCUT2D eigenvalue weighted by molar-refractivity contribution is 9.10. The Labute approximate surface area is 78.4 Å². The molecule has 1 aromatic heterocycles. The van der Waals surface area contributed by atoms with Crippen LogP contribution in [0.2, 0.25) is 0 Å². The monoisotopic (exact) mass is 228 g/mol. The van der Waals surface area contributed by atoms with E-state index in [1.54, 1.807) is 6.20 Å². The zero-order valence-electron chi connectivity index (χ0n) is 6.51. The number of aromatic amines is 1. The maximum Gasteiger partial charge on any atom is 0.269 e. The number of H-pyrrole nitrogens is 1. The molecule has 0 atom stereocenters. The number of hydrogen-bond donors (Lipinski definition) is 1. The molecule has 1 aromatic rings. The van der Waals surface area contributed by atoms with Crippen molar-refractivity contribution < 1.29 is 0 Å². The van der Waals surface area contributed by atoms with Gasteiger partial charge in [-0.05, 0) is 41.1 Å². The minimum atomic E-state index is -0.0508. The predicted octanol–water partition coefficient (Wildman–Crippen LogP) is 1.48. The largest absolute Gasteiger partial charge is 0.325 e. The van der Waals surface area contributed by atoms with Crippen LogP contribution in [0.4, 0.5) is 0 Å². The van der Waals surface area contributed by atoms with E-state index in [0.29, 0.717) is 16.2 Å². The van der Waals surface area contributed by atoms with Gasteiger partial charge in [0, 0.05) is 6.20 Å². The van der Waals surface area contributed by atoms with Crippen molar-refractivity contribution in [3.8, 4) is 0 Å². The van der Waals surface area contributed by atoms with Crippen LogP contribution in [0.5, 0.6) is 0 Å². The molecule has 1 saturated carbocycles. The second kappa shape index (κ2) is 3.01. The minimum Gasteiger partial charge on any atom is -0.325 e. The van der Waals surface area contributed by atoms with Gasteiger partial charge in [0.2, 0.25) is 0 Å². The molecule has 0 aliphatic heterocycles. The molecule has 1 heterocycles. The van der Waals surface area contributed by atoms with E-state index in [9.17, 15) is 4.79 Å². The molecule has 0 unspecified atom stereocenters. The lowest BCUT2D eigenvalue weighted by Gasteiger charge is -1.96. The van der Waals surface area contributed by atoms with E-state index < -0.39 is 0 Å². The summed E-state index contributed by atoms with van der Waals surface area (Å²) in [5.74, 6) is 0.702. The quantitative estimate of drug-likeness (QED) is 0.834. The lowest BCUT2D eigenvalue weighted by atomic mass is 10.2. The van der Waals surface area contributed by atoms with Gasteiger partial charge in [-0.2, -0.15) is 0 Å². The number of rotatable bonds is 2. The summed E-state index contributed by atoms with van der Waals surface area (Å²) in [4.78, 5) is 18.0. The van der Waals surface area contributed by atoms with Crippen LogP contribution in [-0.4, -0.2) is 9.97 Å². The first-order valence-electron chi connectivity index (χ1n) is 4.00. The molecular formula is C8H9BrN2O. The maximum absolute atomic E-state index is 11.2. The fourth-order valence-corrected chi connectivity index (χ4v) is 1.48. The molecule has 0 aromatic carbocycles. The van der Waals surface area contributed by atoms with Crippen LogP contribution in [-0.2, 0) is 6.42 Å². The normalized spacial score (nSPS) is 16.4. The zero-order valence-corrected chi connectivity index (χ0v) is 8.10. The molecule has 0 spiro atoms. The molecule has 1 N–H and O–H groups in total. The fraction of sp³-hybridized carbons (Fsp3) is 0.500. The molecule has 1 fully saturated rings. The average molecular weight is 229 g/mol. The van der Waals surface area contributed by atoms with Gasteiger partial charge in [0.15, 0.2) is 0 Å². The van der Waals surface area contributed by atoms with Crippen molar-refractivity contribution in [2.45, 2.75) is 19.3 Å². The number of hydrogen-bond acceptors (Lipinski definition) is 2. The van der Waals surface area contributed by atoms with Gasteiger partial charge >= 0.3 is 0 Å². The van der Waals surface area contributed by atoms with Crippen molar-refractivity contribution >= 4 is 15.9 Å². The van der Waals surface area contributed by atoms with E-state index >= 15 is 0 Å². The highest BCUT2D eigenvalue weighted by Crippen LogP contribution is 2.31. The Bertz CT molecular complexity index is 343. The first kappa shape index (κ1) is 7.98. The first-order valence-corrected chi connectivity index (χ1v) is 4.79. The van der Waals surface area contributed by atoms with Gasteiger partial charge in [-0.15, -0.1) is 0 Å². The van der Waals surface area contributed by atoms with Crippen molar-refractivity contribution in [2.75, 3.05) is 0 Å². The van der Waals surface area contributed by atoms with Crippen molar-refractivity contribution in [2.24, 2.45) is 5.92 Å². The summed E-state index contributed by atoms with van der Waals surface area (Å²) in [6.45, 7) is 0. The van der Waals surface area contributed by atoms with Gasteiger partial charge < -0.3 is 4.98 Å². The summed E-state index contributed by atoms with van der Waals surface area (Å²) in [6.07, 6.45) is 4.88. The summed E-state index contributed by atoms with van der Waals surface area (Å²) >= 11 is 3.23. The summed E-state index contributed by atoms with van der Waals surface area (Å²) in [7, 11) is 0. The Kier molecular flexibility index (Phi) is 2.00. The molecule has 0 radical (unpaired) electrons. The Morgan fingerprint density at radius 3 is 3.08 bits per heavy atom. The Morgan fingerprint density at radius 1 is 1.67 bits per heavy atom. The summed E-state index contributed by atoms with van der Waals surface area (Å²) in [6, 6.07) is 0. The van der Waals surface area contributed by atoms with Crippen LogP contribution in [0.15, 0.2) is 15.6 Å². The molecule has 0 bridgehead atoms. The topological polar surface area (TPSA) is 45.8 Å². The van der Waals surface area contributed by atoms with E-state index in [1.807, 2.05) is 0 Å². The molecule has 12 heavy (non-hydrogen) atoms. The predicted molar refractivity (Wildman–Crippen MR) is 49.0 cm³/mol. The van der Waals surface area contributed by atoms with E-state index in [1.165, 1.54) is 12.8 Å². The average Bonchev–Trinajstić information content (AvgIpc) is 2.81. The summed E-state index contributed by atoms with van der Waals surface area (Å²) in [5.41, 5.74) is 0.608. The molecular weight excluding hydrogens is 220 g/mol. The Morgan fingerprint density at radius 2 is 2.42 bits per heavy atom. The molecule has 0 amide bonds. The van der Waals surface area contributed by atoms with Gasteiger partial charge in [-0.1, -0.05) is 0 Å². The van der Waals surface area contributed by atoms with Crippen molar-refractivity contribution in [1.82, 2.24) is 9.97 Å². The Hall–Kier alpha value is -0.640. The van der Waals surface area contributed by atoms with E-state index in [-0.39, 0.29) is 5.56 Å². The van der Waals surface area contributed by atoms with Crippen LogP contribution in [0.25, 0.3) is 0 Å². The third kappa shape index (κ3) is 1.75. The molecule has 2 rings (SSSR count). The molecule has 0 saturated heterocycles. The lowest BCUT2D eigenvalue weighted by molar-refractivity contribution is 0.781. The highest BCUT2D eigenvalue weighted by Gasteiger charge is 2.23. The SMILES string of the molecule is O=c1[nH]cc(Br)nc1CC1CC1. The third-order valence-electron chi connectivity index (χ3n) is 2.01. The van der Waals surface area contributed by atoms with Gasteiger partial charge in [0.25, 0.3) is 5.56 Å². The third-order valence-corrected chi connectivity index (χ3v) is 2.41. The summed E-state index contributed by atoms with van der Waals surface area (Å²) in [5, 5.41) is 0. The number of aromatic nitrogens is 2. The van der Waals surface area contributed by atoms with Crippen LogP contribution < -0.4 is 5.56 Å². The van der Waals surface area contributed by atoms with E-state index in [2.05, 4.69) is 25.9 Å². The fourth-order valence-electron chi connectivity index (χ4n) is 1.15. The second-order valence-electron chi connectivity index (χ2n) is 3.15.